The minimum absolute atomic E-state index is 0.0327. The van der Waals surface area contributed by atoms with Crippen LogP contribution in [-0.2, 0) is 28.6 Å². The number of hydrogen-bond acceptors (Lipinski definition) is 7. The maximum atomic E-state index is 14.5. The highest BCUT2D eigenvalue weighted by atomic mass is 16.5. The molecule has 1 spiro atoms. The van der Waals surface area contributed by atoms with E-state index in [0.29, 0.717) is 32.5 Å². The Labute approximate surface area is 254 Å². The first-order chi connectivity index (χ1) is 20.6. The smallest absolute Gasteiger partial charge is 0.246 e. The molecule has 0 aromatic heterocycles. The lowest BCUT2D eigenvalue weighted by molar-refractivity contribution is -0.144. The summed E-state index contributed by atoms with van der Waals surface area (Å²) in [6.45, 7) is 13.9. The number of nitrogens with zero attached hydrogens (tertiary/aromatic N) is 2. The summed E-state index contributed by atoms with van der Waals surface area (Å²) >= 11 is 0. The van der Waals surface area contributed by atoms with Crippen LogP contribution in [0.3, 0.4) is 0 Å². The van der Waals surface area contributed by atoms with Gasteiger partial charge < -0.3 is 29.7 Å². The van der Waals surface area contributed by atoms with E-state index in [-0.39, 0.29) is 42.0 Å². The molecule has 4 saturated heterocycles. The zero-order valence-corrected chi connectivity index (χ0v) is 26.0. The largest absolute Gasteiger partial charge is 0.379 e. The third-order valence-corrected chi connectivity index (χ3v) is 10.2. The Kier molecular flexibility index (Phi) is 8.41. The van der Waals surface area contributed by atoms with Crippen LogP contribution in [0, 0.1) is 25.7 Å². The van der Waals surface area contributed by atoms with Crippen molar-refractivity contribution in [1.82, 2.24) is 15.1 Å². The molecular formula is C33H46N4O6. The van der Waals surface area contributed by atoms with Crippen LogP contribution >= 0.6 is 0 Å². The maximum Gasteiger partial charge on any atom is 0.246 e. The van der Waals surface area contributed by atoms with E-state index in [1.807, 2.05) is 65.0 Å². The monoisotopic (exact) mass is 594 g/mol. The Morgan fingerprint density at radius 3 is 2.53 bits per heavy atom. The lowest BCUT2D eigenvalue weighted by Gasteiger charge is -2.38. The third-order valence-electron chi connectivity index (χ3n) is 10.2. The van der Waals surface area contributed by atoms with Crippen molar-refractivity contribution < 1.29 is 28.6 Å². The van der Waals surface area contributed by atoms with Crippen LogP contribution < -0.4 is 10.6 Å². The molecule has 8 unspecified atom stereocenters. The maximum absolute atomic E-state index is 14.5. The van der Waals surface area contributed by atoms with Gasteiger partial charge in [-0.25, -0.2) is 0 Å². The van der Waals surface area contributed by atoms with E-state index in [4.69, 9.17) is 14.2 Å². The summed E-state index contributed by atoms with van der Waals surface area (Å²) in [5.74, 6) is -2.16. The minimum atomic E-state index is -1.19. The van der Waals surface area contributed by atoms with Crippen LogP contribution in [0.25, 0.3) is 0 Å². The van der Waals surface area contributed by atoms with Crippen molar-refractivity contribution in [3.8, 4) is 0 Å². The second kappa shape index (κ2) is 12.0. The highest BCUT2D eigenvalue weighted by Crippen LogP contribution is 2.56. The van der Waals surface area contributed by atoms with Crippen LogP contribution in [0.5, 0.6) is 0 Å². The van der Waals surface area contributed by atoms with Gasteiger partial charge in [0.2, 0.25) is 17.7 Å². The summed E-state index contributed by atoms with van der Waals surface area (Å²) in [6, 6.07) is 4.64. The van der Waals surface area contributed by atoms with Crippen LogP contribution in [0.2, 0.25) is 0 Å². The second-order valence-electron chi connectivity index (χ2n) is 13.2. The number of carbonyl (C=O) groups is 3. The fraction of sp³-hybridized carbons (Fsp3) is 0.667. The highest BCUT2D eigenvalue weighted by Gasteiger charge is 2.73. The Morgan fingerprint density at radius 1 is 1.09 bits per heavy atom. The number of rotatable bonds is 8. The Balaban J connectivity index is 1.28. The lowest BCUT2D eigenvalue weighted by Crippen LogP contribution is -2.59. The van der Waals surface area contributed by atoms with E-state index >= 15 is 0 Å². The van der Waals surface area contributed by atoms with Gasteiger partial charge in [-0.2, -0.15) is 0 Å². The van der Waals surface area contributed by atoms with Gasteiger partial charge in [0.05, 0.1) is 43.4 Å². The summed E-state index contributed by atoms with van der Waals surface area (Å²) in [5.41, 5.74) is 1.59. The van der Waals surface area contributed by atoms with Gasteiger partial charge in [0.25, 0.3) is 0 Å². The number of anilines is 1. The number of ether oxygens (including phenoxy) is 3. The topological polar surface area (TPSA) is 109 Å². The van der Waals surface area contributed by atoms with E-state index in [2.05, 4.69) is 15.5 Å². The first-order valence-corrected chi connectivity index (χ1v) is 15.9. The van der Waals surface area contributed by atoms with Gasteiger partial charge in [0.15, 0.2) is 0 Å². The van der Waals surface area contributed by atoms with E-state index < -0.39 is 29.6 Å². The highest BCUT2D eigenvalue weighted by molar-refractivity contribution is 6.03. The fourth-order valence-corrected chi connectivity index (χ4v) is 7.92. The molecule has 43 heavy (non-hydrogen) atoms. The summed E-state index contributed by atoms with van der Waals surface area (Å²) in [7, 11) is 0. The Morgan fingerprint density at radius 2 is 1.81 bits per heavy atom. The molecule has 10 nitrogen and oxygen atoms in total. The standard InChI is InChI=1S/C33H46N4O6/c1-19-7-6-8-25(23(19)5)35-30(38)27-26-9-11-33(43-26)28(27)32(40)37(20(2)10-12-36-13-15-41-16-14-36)29(33)31(39)34-24-17-21(3)42-22(4)18-24/h6-9,11,20-22,24,26-29H,10,12-18H2,1-5H3,(H,34,39)(H,35,38). The molecule has 0 saturated carbocycles. The van der Waals surface area contributed by atoms with Crippen LogP contribution in [-0.4, -0.2) is 102 Å². The van der Waals surface area contributed by atoms with E-state index in [1.165, 1.54) is 0 Å². The molecule has 10 heteroatoms. The van der Waals surface area contributed by atoms with Crippen LogP contribution in [0.15, 0.2) is 30.4 Å². The van der Waals surface area contributed by atoms with Gasteiger partial charge in [-0.05, 0) is 71.1 Å². The van der Waals surface area contributed by atoms with Gasteiger partial charge in [-0.15, -0.1) is 0 Å². The normalized spacial score (nSPS) is 36.1. The molecule has 8 atom stereocenters. The molecule has 0 aliphatic carbocycles. The second-order valence-corrected chi connectivity index (χ2v) is 13.2. The summed E-state index contributed by atoms with van der Waals surface area (Å²) < 4.78 is 18.0. The molecule has 2 bridgehead atoms. The molecule has 234 valence electrons. The summed E-state index contributed by atoms with van der Waals surface area (Å²) in [5, 5.41) is 6.35. The Hall–Kier alpha value is -2.79. The number of fused-ring (bicyclic) bond motifs is 1. The van der Waals surface area contributed by atoms with Crippen molar-refractivity contribution in [3.05, 3.63) is 41.5 Å². The van der Waals surface area contributed by atoms with Gasteiger partial charge in [0.1, 0.15) is 11.6 Å². The molecule has 4 fully saturated rings. The lowest BCUT2D eigenvalue weighted by atomic mass is 9.74. The zero-order chi connectivity index (χ0) is 30.5. The first-order valence-electron chi connectivity index (χ1n) is 15.9. The van der Waals surface area contributed by atoms with E-state index in [0.717, 1.165) is 36.4 Å². The fourth-order valence-electron chi connectivity index (χ4n) is 7.92. The third kappa shape index (κ3) is 5.52. The molecule has 3 amide bonds. The number of nitrogens with one attached hydrogen (secondary N) is 2. The molecule has 5 aliphatic rings. The number of hydrogen-bond donors (Lipinski definition) is 2. The summed E-state index contributed by atoms with van der Waals surface area (Å²) in [4.78, 5) is 46.7. The number of likely N-dealkylation sites (tertiary alicyclic amines) is 1. The molecule has 1 aromatic carbocycles. The van der Waals surface area contributed by atoms with Crippen molar-refractivity contribution in [2.24, 2.45) is 11.8 Å². The van der Waals surface area contributed by atoms with Crippen molar-refractivity contribution in [1.29, 1.82) is 0 Å². The van der Waals surface area contributed by atoms with Gasteiger partial charge >= 0.3 is 0 Å². The van der Waals surface area contributed by atoms with Crippen molar-refractivity contribution in [2.75, 3.05) is 38.2 Å². The van der Waals surface area contributed by atoms with Crippen molar-refractivity contribution >= 4 is 23.4 Å². The minimum Gasteiger partial charge on any atom is -0.379 e. The van der Waals surface area contributed by atoms with Crippen LogP contribution in [0.4, 0.5) is 5.69 Å². The summed E-state index contributed by atoms with van der Waals surface area (Å²) in [6.07, 6.45) is 5.38. The molecular weight excluding hydrogens is 548 g/mol. The number of morpholine rings is 1. The molecule has 2 N–H and O–H groups in total. The predicted octanol–water partition coefficient (Wildman–Crippen LogP) is 2.58. The molecule has 5 heterocycles. The van der Waals surface area contributed by atoms with E-state index in [9.17, 15) is 14.4 Å². The zero-order valence-electron chi connectivity index (χ0n) is 26.0. The van der Waals surface area contributed by atoms with Gasteiger partial charge in [-0.1, -0.05) is 24.3 Å². The quantitative estimate of drug-likeness (QED) is 0.446. The molecule has 1 aromatic rings. The van der Waals surface area contributed by atoms with Gasteiger partial charge in [0, 0.05) is 37.4 Å². The van der Waals surface area contributed by atoms with Crippen molar-refractivity contribution in [3.63, 3.8) is 0 Å². The van der Waals surface area contributed by atoms with E-state index in [1.54, 1.807) is 4.90 Å². The SMILES string of the molecule is Cc1cccc(NC(=O)C2C3C=CC4(O3)C2C(=O)N(C(C)CCN2CCOCC2)C4C(=O)NC2CC(C)OC(C)C2)c1C. The van der Waals surface area contributed by atoms with Gasteiger partial charge in [-0.3, -0.25) is 19.3 Å². The average molecular weight is 595 g/mol. The molecule has 6 rings (SSSR count). The first kappa shape index (κ1) is 30.2. The average Bonchev–Trinajstić information content (AvgIpc) is 3.61. The van der Waals surface area contributed by atoms with Crippen molar-refractivity contribution in [2.45, 2.75) is 95.9 Å². The number of carbonyl (C=O) groups excluding carboxylic acids is 3. The number of aryl methyl sites for hydroxylation is 1. The van der Waals surface area contributed by atoms with Crippen LogP contribution in [0.1, 0.15) is 51.2 Å². The molecule has 5 aliphatic heterocycles. The number of amides is 3. The molecule has 0 radical (unpaired) electrons. The predicted molar refractivity (Wildman–Crippen MR) is 161 cm³/mol. The Bertz CT molecular complexity index is 1270. The number of benzene rings is 1.